The van der Waals surface area contributed by atoms with E-state index in [-0.39, 0.29) is 90.9 Å². The first-order chi connectivity index (χ1) is 29.3. The fourth-order valence-corrected chi connectivity index (χ4v) is 13.0. The van der Waals surface area contributed by atoms with Gasteiger partial charge in [0.1, 0.15) is 4.88 Å². The Labute approximate surface area is 436 Å². The molecule has 344 valence electrons. The molecule has 63 heavy (non-hydrogen) atoms. The maximum atomic E-state index is 11.6. The van der Waals surface area contributed by atoms with Crippen LogP contribution >= 0.6 is 92.3 Å². The predicted octanol–water partition coefficient (Wildman–Crippen LogP) is 9.24. The first-order valence-electron chi connectivity index (χ1n) is 21.3. The van der Waals surface area contributed by atoms with Gasteiger partial charge in [-0.1, -0.05) is 46.4 Å². The fourth-order valence-electron chi connectivity index (χ4n) is 8.95. The first kappa shape index (κ1) is 57.3. The van der Waals surface area contributed by atoms with Crippen LogP contribution in [0.25, 0.3) is 0 Å². The Kier molecular flexibility index (Phi) is 27.1. The van der Waals surface area contributed by atoms with Gasteiger partial charge in [0.05, 0.1) is 25.9 Å². The van der Waals surface area contributed by atoms with Crippen molar-refractivity contribution in [1.82, 2.24) is 0 Å². The number of hydrogen-bond acceptors (Lipinski definition) is 8. The van der Waals surface area contributed by atoms with Crippen molar-refractivity contribution in [2.45, 2.75) is 119 Å². The monoisotopic (exact) mass is 1030 g/mol. The number of aliphatic hydroxyl groups excluding tert-OH is 3. The Morgan fingerprint density at radius 3 is 1.49 bits per heavy atom. The molecule has 16 heteroatoms. The molecule has 2 aliphatic carbocycles. The third kappa shape index (κ3) is 18.8. The van der Waals surface area contributed by atoms with Crippen molar-refractivity contribution in [3.8, 4) is 0 Å². The second-order valence-corrected chi connectivity index (χ2v) is 21.6. The molecule has 2 aromatic carbocycles. The second-order valence-electron chi connectivity index (χ2n) is 16.3. The van der Waals surface area contributed by atoms with Gasteiger partial charge in [0.2, 0.25) is 0 Å². The van der Waals surface area contributed by atoms with E-state index in [1.165, 1.54) is 41.0 Å². The number of benzene rings is 2. The molecule has 1 saturated heterocycles. The molecule has 2 aromatic heterocycles. The van der Waals surface area contributed by atoms with Gasteiger partial charge in [0.15, 0.2) is 17.4 Å². The van der Waals surface area contributed by atoms with Gasteiger partial charge < -0.3 is 26.2 Å². The quantitative estimate of drug-likeness (QED) is 0.0589. The summed E-state index contributed by atoms with van der Waals surface area (Å²) in [4.78, 5) is 15.7. The van der Waals surface area contributed by atoms with E-state index in [9.17, 15) is 20.1 Å². The second kappa shape index (κ2) is 29.8. The van der Waals surface area contributed by atoms with E-state index in [0.717, 1.165) is 93.4 Å². The molecular formula is C47H62AlCl6LiO6S2. The maximum absolute atomic E-state index is 11.6. The third-order valence-corrected chi connectivity index (χ3v) is 16.1. The van der Waals surface area contributed by atoms with Crippen molar-refractivity contribution in [3.05, 3.63) is 111 Å². The van der Waals surface area contributed by atoms with E-state index in [0.29, 0.717) is 43.7 Å². The van der Waals surface area contributed by atoms with Crippen LogP contribution in [-0.2, 0) is 41.8 Å². The Hall–Kier alpha value is 0.0199. The van der Waals surface area contributed by atoms with Gasteiger partial charge >= 0.3 is 24.8 Å². The summed E-state index contributed by atoms with van der Waals surface area (Å²) in [5.41, 5.74) is 2.19. The summed E-state index contributed by atoms with van der Waals surface area (Å²) in [6.07, 6.45) is 12.4. The van der Waals surface area contributed by atoms with Crippen LogP contribution in [0.2, 0.25) is 20.1 Å². The molecule has 0 spiro atoms. The van der Waals surface area contributed by atoms with Crippen LogP contribution in [0, 0.1) is 23.7 Å². The zero-order valence-corrected chi connectivity index (χ0v) is 41.7. The van der Waals surface area contributed by atoms with Crippen LogP contribution in [0.3, 0.4) is 0 Å². The number of ether oxygens (including phenoxy) is 2. The molecule has 3 N–H and O–H groups in total. The van der Waals surface area contributed by atoms with Crippen LogP contribution < -0.4 is 18.9 Å². The van der Waals surface area contributed by atoms with Crippen LogP contribution in [0.15, 0.2) is 60.7 Å². The fraction of sp³-hybridized carbons (Fsp3) is 0.553. The summed E-state index contributed by atoms with van der Waals surface area (Å²) in [5.74, 6) is 0.697. The minimum Gasteiger partial charge on any atom is -1.00 e. The van der Waals surface area contributed by atoms with Gasteiger partial charge in [-0.3, -0.25) is 0 Å². The number of halogens is 6. The number of thiophene rings is 2. The van der Waals surface area contributed by atoms with Crippen molar-refractivity contribution in [1.29, 1.82) is 0 Å². The van der Waals surface area contributed by atoms with Crippen molar-refractivity contribution in [2.75, 3.05) is 20.3 Å². The molecule has 0 amide bonds. The number of methoxy groups -OCH3 is 1. The topological polar surface area (TPSA) is 96.2 Å². The number of aliphatic hydroxyl groups is 3. The molecule has 0 unspecified atom stereocenters. The molecule has 2 saturated carbocycles. The van der Waals surface area contributed by atoms with Gasteiger partial charge in [-0.25, -0.2) is 4.79 Å². The molecule has 0 radical (unpaired) electrons. The maximum Gasteiger partial charge on any atom is 1.00 e. The largest absolute Gasteiger partial charge is 1.00 e. The van der Waals surface area contributed by atoms with Gasteiger partial charge in [-0.2, -0.15) is 0 Å². The Morgan fingerprint density at radius 1 is 0.667 bits per heavy atom. The normalized spacial score (nSPS) is 23.8. The van der Waals surface area contributed by atoms with Crippen molar-refractivity contribution in [3.63, 3.8) is 0 Å². The summed E-state index contributed by atoms with van der Waals surface area (Å²) < 4.78 is 9.71. The molecule has 3 fully saturated rings. The van der Waals surface area contributed by atoms with E-state index in [4.69, 9.17) is 79.1 Å². The minimum atomic E-state index is -0.371. The van der Waals surface area contributed by atoms with Crippen LogP contribution in [0.4, 0.5) is 0 Å². The summed E-state index contributed by atoms with van der Waals surface area (Å²) in [6.45, 7) is 2.11. The van der Waals surface area contributed by atoms with Gasteiger partial charge in [0.25, 0.3) is 0 Å². The van der Waals surface area contributed by atoms with Crippen LogP contribution in [0.5, 0.6) is 0 Å². The zero-order valence-electron chi connectivity index (χ0n) is 36.6. The minimum absolute atomic E-state index is 0. The number of carbonyl (C=O) groups is 1. The molecule has 3 aliphatic rings. The zero-order chi connectivity index (χ0) is 43.9. The van der Waals surface area contributed by atoms with Crippen LogP contribution in [-0.4, -0.2) is 81.9 Å². The van der Waals surface area contributed by atoms with Gasteiger partial charge in [0, 0.05) is 58.7 Å². The number of hydrogen-bond donors (Lipinski definition) is 3. The Balaban J connectivity index is 0.000000380. The number of carbonyl (C=O) groups excluding carboxylic acids is 1. The summed E-state index contributed by atoms with van der Waals surface area (Å²) in [7, 11) is 1.39. The average molecular weight is 1030 g/mol. The third-order valence-electron chi connectivity index (χ3n) is 12.0. The summed E-state index contributed by atoms with van der Waals surface area (Å²) in [5, 5.41) is 32.8. The number of alkyl halides is 2. The molecule has 6 nitrogen and oxygen atoms in total. The number of esters is 1. The van der Waals surface area contributed by atoms with Crippen molar-refractivity contribution in [2.24, 2.45) is 23.7 Å². The SMILES string of the molecule is C1CCOC1.COC(=O)c1ccc(CCC[C@@H]2[C@@H](CCc3cc(Cl)cc(Cl)c3)[C@H](O)C[C@H]2Cl)s1.OCc1ccc(CCC[C@@H]2[C@@H](CCc3cc(Cl)cc(Cl)c3)[C@H](O)C[C@H]2Cl)s1.[AlH3].[H-].[Li+]. The predicted molar refractivity (Wildman–Crippen MR) is 267 cm³/mol. The van der Waals surface area contributed by atoms with E-state index in [2.05, 4.69) is 6.07 Å². The molecule has 7 rings (SSSR count). The molecule has 3 heterocycles. The van der Waals surface area contributed by atoms with Gasteiger partial charge in [-0.15, -0.1) is 45.9 Å². The molecule has 0 bridgehead atoms. The molecule has 4 aromatic rings. The van der Waals surface area contributed by atoms with Crippen LogP contribution in [0.1, 0.15) is 101 Å². The smallest absolute Gasteiger partial charge is 1.00 e. The number of rotatable bonds is 16. The van der Waals surface area contributed by atoms with E-state index in [1.807, 2.05) is 42.5 Å². The van der Waals surface area contributed by atoms with E-state index >= 15 is 0 Å². The molecule has 8 atom stereocenters. The summed E-state index contributed by atoms with van der Waals surface area (Å²) >= 11 is 40.7. The number of aryl methyl sites for hydroxylation is 4. The molecular weight excluding hydrogens is 971 g/mol. The van der Waals surface area contributed by atoms with Crippen molar-refractivity contribution < 1.29 is 49.9 Å². The Bertz CT molecular complexity index is 1910. The average Bonchev–Trinajstić information content (AvgIpc) is 4.08. The molecule has 1 aliphatic heterocycles. The Morgan fingerprint density at radius 2 is 1.10 bits per heavy atom. The van der Waals surface area contributed by atoms with E-state index < -0.39 is 0 Å². The first-order valence-corrected chi connectivity index (χ1v) is 25.3. The van der Waals surface area contributed by atoms with E-state index in [1.54, 1.807) is 23.5 Å². The standard InChI is InChI=1S/C22H25Cl3O3S.C21H25Cl3O2S.C4H8O.Al.Li.4H/c1-28-22(27)21-8-6-16(29-21)3-2-4-17-18(20(26)12-19(17)25)7-5-13-9-14(23)11-15(24)10-13;22-14-8-13(9-15(23)10-14)4-7-19-18(20(24)11-21(19)26)3-1-2-16-5-6-17(12-25)27-16;1-2-4-5-3-1;;;;;;/h6,8-11,17-20,26H,2-5,7,12H2,1H3;5-6,8-10,18-21,25-26H,1-4,7,11-12H2;1-4H2;;;;;;/q;;;;+1;;;;-1/t17-,18-,19-,20-;18-,19-,20-,21-;;;;;;;/m11......./s1. The van der Waals surface area contributed by atoms with Gasteiger partial charge in [-0.05, 0) is 185 Å². The van der Waals surface area contributed by atoms with Crippen molar-refractivity contribution >= 4 is 116 Å². The summed E-state index contributed by atoms with van der Waals surface area (Å²) in [6, 6.07) is 19.1.